The van der Waals surface area contributed by atoms with Crippen LogP contribution >= 0.6 is 24.8 Å². The van der Waals surface area contributed by atoms with Crippen molar-refractivity contribution < 1.29 is 4.74 Å². The van der Waals surface area contributed by atoms with Crippen LogP contribution in [0, 0.1) is 0 Å². The summed E-state index contributed by atoms with van der Waals surface area (Å²) in [4.78, 5) is 5.93. The Morgan fingerprint density at radius 2 is 2.04 bits per heavy atom. The second-order valence-corrected chi connectivity index (χ2v) is 5.48. The highest BCUT2D eigenvalue weighted by atomic mass is 35.5. The Morgan fingerprint density at radius 1 is 1.30 bits per heavy atom. The Labute approximate surface area is 150 Å². The van der Waals surface area contributed by atoms with Gasteiger partial charge in [0, 0.05) is 49.3 Å². The van der Waals surface area contributed by atoms with Crippen LogP contribution < -0.4 is 10.1 Å². The topological polar surface area (TPSA) is 40.3 Å². The molecule has 1 fully saturated rings. The van der Waals surface area contributed by atoms with E-state index in [2.05, 4.69) is 40.1 Å². The molecule has 0 unspecified atom stereocenters. The van der Waals surface area contributed by atoms with E-state index in [1.54, 1.807) is 7.11 Å². The minimum Gasteiger partial charge on any atom is -0.497 e. The molecule has 0 bridgehead atoms. The molecule has 0 radical (unpaired) electrons. The third-order valence-electron chi connectivity index (χ3n) is 4.26. The summed E-state index contributed by atoms with van der Waals surface area (Å²) in [5.74, 6) is 0.904. The van der Waals surface area contributed by atoms with Crippen molar-refractivity contribution in [3.8, 4) is 5.75 Å². The van der Waals surface area contributed by atoms with Crippen molar-refractivity contribution in [1.29, 1.82) is 0 Å². The van der Waals surface area contributed by atoms with Crippen molar-refractivity contribution >= 4 is 35.7 Å². The highest BCUT2D eigenvalue weighted by molar-refractivity contribution is 5.86. The molecule has 3 rings (SSSR count). The summed E-state index contributed by atoms with van der Waals surface area (Å²) < 4.78 is 5.37. The molecule has 0 aliphatic carbocycles. The number of hydrogen-bond acceptors (Lipinski definition) is 3. The smallest absolute Gasteiger partial charge is 0.119 e. The first-order valence-corrected chi connectivity index (χ1v) is 7.54. The molecule has 0 spiro atoms. The van der Waals surface area contributed by atoms with Crippen LogP contribution in [0.4, 0.5) is 0 Å². The molecule has 128 valence electrons. The van der Waals surface area contributed by atoms with Crippen LogP contribution in [0.15, 0.2) is 37.1 Å². The van der Waals surface area contributed by atoms with Crippen LogP contribution in [-0.4, -0.2) is 43.2 Å². The Bertz CT molecular complexity index is 623. The number of benzene rings is 1. The van der Waals surface area contributed by atoms with Gasteiger partial charge in [0.2, 0.25) is 0 Å². The third kappa shape index (κ3) is 4.21. The van der Waals surface area contributed by atoms with E-state index in [1.807, 2.05) is 12.1 Å². The average molecular weight is 358 g/mol. The molecule has 2 heterocycles. The van der Waals surface area contributed by atoms with Crippen LogP contribution in [0.3, 0.4) is 0 Å². The maximum Gasteiger partial charge on any atom is 0.119 e. The fraction of sp³-hybridized carbons (Fsp3) is 0.412. The average Bonchev–Trinajstić information content (AvgIpc) is 2.96. The lowest BCUT2D eigenvalue weighted by Crippen LogP contribution is -2.45. The van der Waals surface area contributed by atoms with Gasteiger partial charge in [-0.05, 0) is 30.2 Å². The monoisotopic (exact) mass is 357 g/mol. The molecule has 1 atom stereocenters. The zero-order chi connectivity index (χ0) is 14.7. The van der Waals surface area contributed by atoms with Crippen LogP contribution in [0.25, 0.3) is 10.9 Å². The van der Waals surface area contributed by atoms with Crippen molar-refractivity contribution in [2.24, 2.45) is 0 Å². The zero-order valence-electron chi connectivity index (χ0n) is 13.4. The largest absolute Gasteiger partial charge is 0.497 e. The van der Waals surface area contributed by atoms with E-state index in [1.165, 1.54) is 10.9 Å². The molecule has 23 heavy (non-hydrogen) atoms. The Morgan fingerprint density at radius 3 is 2.70 bits per heavy atom. The van der Waals surface area contributed by atoms with Gasteiger partial charge in [0.1, 0.15) is 5.75 Å². The summed E-state index contributed by atoms with van der Waals surface area (Å²) in [5, 5.41) is 4.67. The quantitative estimate of drug-likeness (QED) is 0.804. The third-order valence-corrected chi connectivity index (χ3v) is 4.26. The first kappa shape index (κ1) is 19.8. The number of hydrogen-bond donors (Lipinski definition) is 2. The van der Waals surface area contributed by atoms with E-state index < -0.39 is 0 Å². The molecule has 1 aliphatic rings. The number of halogens is 2. The Balaban J connectivity index is 0.00000132. The number of rotatable bonds is 5. The summed E-state index contributed by atoms with van der Waals surface area (Å²) in [7, 11) is 1.71. The standard InChI is InChI=1S/C17H23N3O.2ClH/c1-3-4-17(20-9-7-18-8-10-20)15-12-19-16-6-5-13(21-2)11-14(15)16;;/h3,5-6,11-12,17-19H,1,4,7-10H2,2H3;2*1H/t17-;;/m0../s1. The summed E-state index contributed by atoms with van der Waals surface area (Å²) in [6.45, 7) is 8.21. The van der Waals surface area contributed by atoms with E-state index >= 15 is 0 Å². The molecule has 1 aromatic heterocycles. The number of aromatic nitrogens is 1. The number of aromatic amines is 1. The molecule has 0 amide bonds. The van der Waals surface area contributed by atoms with Crippen molar-refractivity contribution in [1.82, 2.24) is 15.2 Å². The molecule has 4 nitrogen and oxygen atoms in total. The van der Waals surface area contributed by atoms with Gasteiger partial charge < -0.3 is 15.0 Å². The van der Waals surface area contributed by atoms with Gasteiger partial charge in [0.15, 0.2) is 0 Å². The van der Waals surface area contributed by atoms with Gasteiger partial charge in [-0.1, -0.05) is 6.08 Å². The second-order valence-electron chi connectivity index (χ2n) is 5.48. The fourth-order valence-electron chi connectivity index (χ4n) is 3.15. The van der Waals surface area contributed by atoms with Crippen LogP contribution in [0.1, 0.15) is 18.0 Å². The zero-order valence-corrected chi connectivity index (χ0v) is 15.0. The normalized spacial score (nSPS) is 16.2. The van der Waals surface area contributed by atoms with Crippen molar-refractivity contribution in [3.63, 3.8) is 0 Å². The number of fused-ring (bicyclic) bond motifs is 1. The molecule has 2 aromatic rings. The molecular formula is C17H25Cl2N3O. The van der Waals surface area contributed by atoms with Gasteiger partial charge >= 0.3 is 0 Å². The van der Waals surface area contributed by atoms with E-state index in [9.17, 15) is 0 Å². The summed E-state index contributed by atoms with van der Waals surface area (Å²) in [6, 6.07) is 6.58. The first-order valence-electron chi connectivity index (χ1n) is 7.54. The van der Waals surface area contributed by atoms with Crippen LogP contribution in [0.5, 0.6) is 5.75 Å². The Hall–Kier alpha value is -1.20. The lowest BCUT2D eigenvalue weighted by atomic mass is 10.0. The van der Waals surface area contributed by atoms with Crippen molar-refractivity contribution in [2.45, 2.75) is 12.5 Å². The summed E-state index contributed by atoms with van der Waals surface area (Å²) in [5.41, 5.74) is 2.50. The molecule has 2 N–H and O–H groups in total. The predicted octanol–water partition coefficient (Wildman–Crippen LogP) is 3.54. The minimum absolute atomic E-state index is 0. The van der Waals surface area contributed by atoms with Gasteiger partial charge in [-0.25, -0.2) is 0 Å². The first-order chi connectivity index (χ1) is 10.3. The molecule has 1 aliphatic heterocycles. The van der Waals surface area contributed by atoms with Gasteiger partial charge in [-0.2, -0.15) is 0 Å². The number of piperazine rings is 1. The van der Waals surface area contributed by atoms with Gasteiger partial charge in [0.05, 0.1) is 7.11 Å². The SMILES string of the molecule is C=CC[C@@H](c1c[nH]c2ccc(OC)cc12)N1CCNCC1.Cl.Cl. The number of H-pyrrole nitrogens is 1. The molecule has 1 saturated heterocycles. The maximum atomic E-state index is 5.37. The number of nitrogens with zero attached hydrogens (tertiary/aromatic N) is 1. The molecule has 1 aromatic carbocycles. The van der Waals surface area contributed by atoms with Crippen molar-refractivity contribution in [2.75, 3.05) is 33.3 Å². The highest BCUT2D eigenvalue weighted by Gasteiger charge is 2.23. The van der Waals surface area contributed by atoms with Gasteiger partial charge in [-0.3, -0.25) is 4.90 Å². The molecular weight excluding hydrogens is 333 g/mol. The lowest BCUT2D eigenvalue weighted by Gasteiger charge is -2.34. The van der Waals surface area contributed by atoms with E-state index in [0.717, 1.165) is 43.9 Å². The maximum absolute atomic E-state index is 5.37. The summed E-state index contributed by atoms with van der Waals surface area (Å²) in [6.07, 6.45) is 5.12. The van der Waals surface area contributed by atoms with Gasteiger partial charge in [0.25, 0.3) is 0 Å². The van der Waals surface area contributed by atoms with E-state index in [0.29, 0.717) is 6.04 Å². The van der Waals surface area contributed by atoms with Crippen LogP contribution in [0.2, 0.25) is 0 Å². The molecule has 6 heteroatoms. The highest BCUT2D eigenvalue weighted by Crippen LogP contribution is 2.33. The van der Waals surface area contributed by atoms with Crippen LogP contribution in [-0.2, 0) is 0 Å². The lowest BCUT2D eigenvalue weighted by molar-refractivity contribution is 0.175. The minimum atomic E-state index is 0. The Kier molecular flexibility index (Phi) is 7.92. The second kappa shape index (κ2) is 9.18. The van der Waals surface area contributed by atoms with Gasteiger partial charge in [-0.15, -0.1) is 31.4 Å². The van der Waals surface area contributed by atoms with E-state index in [-0.39, 0.29) is 24.8 Å². The van der Waals surface area contributed by atoms with E-state index in [4.69, 9.17) is 4.74 Å². The number of nitrogens with one attached hydrogen (secondary N) is 2. The number of methoxy groups -OCH3 is 1. The van der Waals surface area contributed by atoms with Crippen molar-refractivity contribution in [3.05, 3.63) is 42.6 Å². The summed E-state index contributed by atoms with van der Waals surface area (Å²) >= 11 is 0. The fourth-order valence-corrected chi connectivity index (χ4v) is 3.15. The molecule has 0 saturated carbocycles. The number of ether oxygens (including phenoxy) is 1. The predicted molar refractivity (Wildman–Crippen MR) is 101 cm³/mol.